The Kier molecular flexibility index (Phi) is 2.47. The zero-order chi connectivity index (χ0) is 12.7. The Morgan fingerprint density at radius 2 is 2.28 bits per heavy atom. The third-order valence-electron chi connectivity index (χ3n) is 2.63. The molecule has 18 heavy (non-hydrogen) atoms. The minimum atomic E-state index is -0.0439. The number of tetrazole rings is 1. The molecule has 3 aromatic heterocycles. The molecule has 0 amide bonds. The largest absolute Gasteiger partial charge is 0.352 e. The van der Waals surface area contributed by atoms with Gasteiger partial charge in [-0.3, -0.25) is 0 Å². The predicted octanol–water partition coefficient (Wildman–Crippen LogP) is 1.02. The van der Waals surface area contributed by atoms with E-state index < -0.39 is 0 Å². The first kappa shape index (κ1) is 11.1. The first-order valence-corrected chi connectivity index (χ1v) is 6.27. The fourth-order valence-corrected chi connectivity index (χ4v) is 2.77. The van der Waals surface area contributed by atoms with Crippen LogP contribution in [0.2, 0.25) is 0 Å². The monoisotopic (exact) mass is 264 g/mol. The number of H-pyrrole nitrogens is 1. The zero-order valence-corrected chi connectivity index (χ0v) is 11.0. The average molecular weight is 264 g/mol. The van der Waals surface area contributed by atoms with Crippen LogP contribution >= 0.6 is 11.3 Å². The van der Waals surface area contributed by atoms with E-state index in [2.05, 4.69) is 36.0 Å². The maximum atomic E-state index is 4.50. The molecule has 1 atom stereocenters. The molecule has 0 bridgehead atoms. The molecule has 3 heterocycles. The van der Waals surface area contributed by atoms with Crippen molar-refractivity contribution in [2.45, 2.75) is 19.9 Å². The lowest BCUT2D eigenvalue weighted by Crippen LogP contribution is -2.08. The van der Waals surface area contributed by atoms with Crippen LogP contribution in [0.3, 0.4) is 0 Å². The van der Waals surface area contributed by atoms with E-state index in [9.17, 15) is 0 Å². The van der Waals surface area contributed by atoms with Gasteiger partial charge in [-0.1, -0.05) is 16.6 Å². The molecule has 3 aromatic rings. The molecule has 2 N–H and O–H groups in total. The predicted molar refractivity (Wildman–Crippen MR) is 67.3 cm³/mol. The quantitative estimate of drug-likeness (QED) is 0.733. The third kappa shape index (κ3) is 1.72. The van der Waals surface area contributed by atoms with Crippen LogP contribution in [0, 0.1) is 6.92 Å². The summed E-state index contributed by atoms with van der Waals surface area (Å²) in [6.07, 6.45) is 0. The van der Waals surface area contributed by atoms with Crippen molar-refractivity contribution in [1.29, 1.82) is 0 Å². The highest BCUT2D eigenvalue weighted by Crippen LogP contribution is 2.29. The summed E-state index contributed by atoms with van der Waals surface area (Å²) in [5.74, 6) is 0.615. The highest BCUT2D eigenvalue weighted by atomic mass is 32.1. The molecule has 8 nitrogen and oxygen atoms in total. The van der Waals surface area contributed by atoms with Crippen molar-refractivity contribution in [3.05, 3.63) is 11.5 Å². The van der Waals surface area contributed by atoms with Gasteiger partial charge in [0.2, 0.25) is 0 Å². The van der Waals surface area contributed by atoms with Crippen molar-refractivity contribution in [2.24, 2.45) is 7.05 Å². The van der Waals surface area contributed by atoms with E-state index in [-0.39, 0.29) is 6.04 Å². The third-order valence-corrected chi connectivity index (χ3v) is 3.72. The summed E-state index contributed by atoms with van der Waals surface area (Å²) in [4.78, 5) is 4.50. The van der Waals surface area contributed by atoms with Gasteiger partial charge in [0.1, 0.15) is 0 Å². The maximum absolute atomic E-state index is 4.50. The summed E-state index contributed by atoms with van der Waals surface area (Å²) >= 11 is 1.58. The number of thiazole rings is 1. The number of aryl methyl sites for hydroxylation is 2. The molecule has 0 fully saturated rings. The number of nitrogens with zero attached hydrogens (tertiary/aromatic N) is 6. The van der Waals surface area contributed by atoms with E-state index in [0.717, 1.165) is 21.2 Å². The Hall–Kier alpha value is -2.03. The second-order valence-electron chi connectivity index (χ2n) is 4.02. The van der Waals surface area contributed by atoms with Gasteiger partial charge in [0.15, 0.2) is 16.6 Å². The van der Waals surface area contributed by atoms with Crippen LogP contribution in [0.1, 0.15) is 24.5 Å². The number of hydrogen-bond donors (Lipinski definition) is 2. The van der Waals surface area contributed by atoms with Gasteiger partial charge >= 0.3 is 0 Å². The van der Waals surface area contributed by atoms with E-state index >= 15 is 0 Å². The van der Waals surface area contributed by atoms with Crippen molar-refractivity contribution in [3.8, 4) is 0 Å². The van der Waals surface area contributed by atoms with Gasteiger partial charge in [-0.05, 0) is 13.8 Å². The van der Waals surface area contributed by atoms with Gasteiger partial charge in [-0.25, -0.2) is 9.67 Å². The number of rotatable bonds is 3. The van der Waals surface area contributed by atoms with Crippen molar-refractivity contribution < 1.29 is 0 Å². The molecule has 0 spiro atoms. The maximum Gasteiger partial charge on any atom is 0.196 e. The van der Waals surface area contributed by atoms with Gasteiger partial charge < -0.3 is 5.32 Å². The first-order chi connectivity index (χ1) is 8.65. The number of aromatic nitrogens is 7. The standard InChI is InChI=1S/C9H12N8S/c1-4-6-8(17(3)14-4)11-9(18-6)10-5(2)7-12-15-16-13-7/h5H,1-3H3,(H,10,11)(H,12,13,15,16)/t5-/m0/s1. The minimum absolute atomic E-state index is 0.0439. The van der Waals surface area contributed by atoms with Crippen LogP contribution in [-0.4, -0.2) is 35.4 Å². The molecule has 3 rings (SSSR count). The number of aromatic amines is 1. The van der Waals surface area contributed by atoms with Crippen molar-refractivity contribution in [3.63, 3.8) is 0 Å². The molecule has 0 aliphatic heterocycles. The smallest absolute Gasteiger partial charge is 0.196 e. The number of nitrogens with one attached hydrogen (secondary N) is 2. The van der Waals surface area contributed by atoms with Gasteiger partial charge in [-0.15, -0.1) is 10.2 Å². The fraction of sp³-hybridized carbons (Fsp3) is 0.444. The topological polar surface area (TPSA) is 97.2 Å². The first-order valence-electron chi connectivity index (χ1n) is 5.45. The van der Waals surface area contributed by atoms with E-state index in [1.165, 1.54) is 0 Å². The summed E-state index contributed by atoms with van der Waals surface area (Å²) in [5, 5.41) is 22.3. The molecule has 0 aromatic carbocycles. The van der Waals surface area contributed by atoms with Crippen molar-refractivity contribution in [1.82, 2.24) is 35.4 Å². The minimum Gasteiger partial charge on any atom is -0.352 e. The highest BCUT2D eigenvalue weighted by Gasteiger charge is 2.15. The fourth-order valence-electron chi connectivity index (χ4n) is 1.75. The van der Waals surface area contributed by atoms with E-state index in [4.69, 9.17) is 0 Å². The zero-order valence-electron chi connectivity index (χ0n) is 10.2. The lowest BCUT2D eigenvalue weighted by Gasteiger charge is -2.07. The van der Waals surface area contributed by atoms with Crippen LogP contribution in [0.15, 0.2) is 0 Å². The molecular formula is C9H12N8S. The number of anilines is 1. The molecule has 0 aliphatic rings. The van der Waals surface area contributed by atoms with Crippen molar-refractivity contribution >= 4 is 26.8 Å². The molecule has 0 saturated carbocycles. The summed E-state index contributed by atoms with van der Waals surface area (Å²) < 4.78 is 2.88. The molecule has 0 aliphatic carbocycles. The van der Waals surface area contributed by atoms with Crippen molar-refractivity contribution in [2.75, 3.05) is 5.32 Å². The summed E-state index contributed by atoms with van der Waals surface area (Å²) in [6.45, 7) is 3.94. The molecular weight excluding hydrogens is 252 g/mol. The summed E-state index contributed by atoms with van der Waals surface area (Å²) in [6, 6.07) is -0.0439. The second-order valence-corrected chi connectivity index (χ2v) is 5.02. The molecule has 94 valence electrons. The SMILES string of the molecule is Cc1nn(C)c2nc(N[C@@H](C)c3nn[nH]n3)sc12. The summed E-state index contributed by atoms with van der Waals surface area (Å²) in [7, 11) is 1.89. The number of hydrogen-bond acceptors (Lipinski definition) is 7. The van der Waals surface area contributed by atoms with Crippen LogP contribution in [-0.2, 0) is 7.05 Å². The van der Waals surface area contributed by atoms with Crippen LogP contribution in [0.5, 0.6) is 0 Å². The van der Waals surface area contributed by atoms with Gasteiger partial charge in [0, 0.05) is 7.05 Å². The normalized spacial score (nSPS) is 13.1. The molecule has 0 unspecified atom stereocenters. The molecule has 9 heteroatoms. The average Bonchev–Trinajstić information content (AvgIpc) is 3.00. The van der Waals surface area contributed by atoms with Crippen LogP contribution < -0.4 is 5.32 Å². The van der Waals surface area contributed by atoms with Crippen LogP contribution in [0.25, 0.3) is 10.3 Å². The molecule has 0 saturated heterocycles. The Morgan fingerprint density at radius 1 is 1.44 bits per heavy atom. The Balaban J connectivity index is 1.89. The van der Waals surface area contributed by atoms with Gasteiger partial charge in [0.05, 0.1) is 16.4 Å². The van der Waals surface area contributed by atoms with E-state index in [1.54, 1.807) is 16.0 Å². The Bertz CT molecular complexity index is 632. The Morgan fingerprint density at radius 3 is 2.94 bits per heavy atom. The molecule has 0 radical (unpaired) electrons. The second kappa shape index (κ2) is 4.02. The van der Waals surface area contributed by atoms with Gasteiger partial charge in [-0.2, -0.15) is 10.3 Å². The van der Waals surface area contributed by atoms with Gasteiger partial charge in [0.25, 0.3) is 0 Å². The van der Waals surface area contributed by atoms with Crippen LogP contribution in [0.4, 0.5) is 5.13 Å². The Labute approximate surface area is 106 Å². The highest BCUT2D eigenvalue weighted by molar-refractivity contribution is 7.22. The lowest BCUT2D eigenvalue weighted by molar-refractivity contribution is 0.770. The lowest BCUT2D eigenvalue weighted by atomic mass is 10.3. The summed E-state index contributed by atoms with van der Waals surface area (Å²) in [5.41, 5.74) is 1.88. The van der Waals surface area contributed by atoms with E-state index in [1.807, 2.05) is 20.9 Å². The van der Waals surface area contributed by atoms with E-state index in [0.29, 0.717) is 5.82 Å². The number of fused-ring (bicyclic) bond motifs is 1.